The minimum Gasteiger partial charge on any atom is -0.436 e. The smallest absolute Gasteiger partial charge is 0.255 e. The van der Waals surface area contributed by atoms with Crippen LogP contribution in [-0.4, -0.2) is 10.9 Å². The highest BCUT2D eigenvalue weighted by Gasteiger charge is 2.12. The van der Waals surface area contributed by atoms with Crippen molar-refractivity contribution in [2.24, 2.45) is 0 Å². The number of benzene rings is 3. The lowest BCUT2D eigenvalue weighted by Crippen LogP contribution is -2.11. The molecule has 0 spiro atoms. The lowest BCUT2D eigenvalue weighted by atomic mass is 9.98. The zero-order chi connectivity index (χ0) is 20.4. The molecule has 0 bridgehead atoms. The van der Waals surface area contributed by atoms with Crippen molar-refractivity contribution in [3.8, 4) is 11.5 Å². The molecule has 0 saturated heterocycles. The molecule has 4 heteroatoms. The van der Waals surface area contributed by atoms with Crippen molar-refractivity contribution in [3.63, 3.8) is 0 Å². The molecule has 0 unspecified atom stereocenters. The van der Waals surface area contributed by atoms with Crippen molar-refractivity contribution in [2.45, 2.75) is 33.1 Å². The van der Waals surface area contributed by atoms with Crippen molar-refractivity contribution >= 4 is 22.7 Å². The first-order valence-corrected chi connectivity index (χ1v) is 9.92. The van der Waals surface area contributed by atoms with E-state index in [-0.39, 0.29) is 5.91 Å². The Morgan fingerprint density at radius 2 is 1.86 bits per heavy atom. The van der Waals surface area contributed by atoms with Gasteiger partial charge in [0.2, 0.25) is 5.89 Å². The first-order valence-electron chi connectivity index (χ1n) is 9.92. The molecule has 0 aliphatic carbocycles. The summed E-state index contributed by atoms with van der Waals surface area (Å²) in [6.07, 6.45) is 1.09. The van der Waals surface area contributed by atoms with Gasteiger partial charge in [0.15, 0.2) is 5.58 Å². The quantitative estimate of drug-likeness (QED) is 0.423. The van der Waals surface area contributed by atoms with Gasteiger partial charge in [0.1, 0.15) is 5.52 Å². The molecule has 0 radical (unpaired) electrons. The zero-order valence-corrected chi connectivity index (χ0v) is 16.9. The number of hydrogen-bond donors (Lipinski definition) is 1. The normalized spacial score (nSPS) is 12.1. The number of aromatic nitrogens is 1. The maximum absolute atomic E-state index is 12.4. The number of nitrogens with zero attached hydrogens (tertiary/aromatic N) is 1. The van der Waals surface area contributed by atoms with Crippen LogP contribution in [0.2, 0.25) is 0 Å². The van der Waals surface area contributed by atoms with Crippen LogP contribution in [0, 0.1) is 6.92 Å². The van der Waals surface area contributed by atoms with Crippen molar-refractivity contribution in [3.05, 3.63) is 83.4 Å². The van der Waals surface area contributed by atoms with E-state index in [1.54, 1.807) is 0 Å². The number of rotatable bonds is 5. The van der Waals surface area contributed by atoms with Crippen LogP contribution in [0.1, 0.15) is 47.7 Å². The summed E-state index contributed by atoms with van der Waals surface area (Å²) in [4.78, 5) is 17.1. The average molecular weight is 384 g/mol. The molecule has 146 valence electrons. The molecule has 4 nitrogen and oxygen atoms in total. The van der Waals surface area contributed by atoms with Crippen LogP contribution in [0.25, 0.3) is 22.6 Å². The van der Waals surface area contributed by atoms with Gasteiger partial charge in [-0.2, -0.15) is 0 Å². The number of oxazole rings is 1. The molecule has 1 atom stereocenters. The number of fused-ring (bicyclic) bond motifs is 1. The van der Waals surface area contributed by atoms with Crippen LogP contribution in [0.4, 0.5) is 5.69 Å². The van der Waals surface area contributed by atoms with Gasteiger partial charge in [0.25, 0.3) is 5.91 Å². The minimum atomic E-state index is -0.124. The van der Waals surface area contributed by atoms with Gasteiger partial charge in [-0.05, 0) is 73.4 Å². The predicted octanol–water partition coefficient (Wildman–Crippen LogP) is 6.57. The highest BCUT2D eigenvalue weighted by atomic mass is 16.3. The first-order chi connectivity index (χ1) is 14.0. The zero-order valence-electron chi connectivity index (χ0n) is 16.9. The molecule has 1 amide bonds. The predicted molar refractivity (Wildman–Crippen MR) is 117 cm³/mol. The van der Waals surface area contributed by atoms with Gasteiger partial charge < -0.3 is 9.73 Å². The van der Waals surface area contributed by atoms with Crippen LogP contribution in [0.15, 0.2) is 71.1 Å². The Morgan fingerprint density at radius 3 is 2.59 bits per heavy atom. The van der Waals surface area contributed by atoms with E-state index < -0.39 is 0 Å². The lowest BCUT2D eigenvalue weighted by Gasteiger charge is -2.07. The number of carbonyl (C=O) groups is 1. The number of amides is 1. The fourth-order valence-corrected chi connectivity index (χ4v) is 3.30. The number of aryl methyl sites for hydroxylation is 1. The van der Waals surface area contributed by atoms with Gasteiger partial charge in [0, 0.05) is 16.8 Å². The molecule has 0 aliphatic heterocycles. The highest BCUT2D eigenvalue weighted by Crippen LogP contribution is 2.28. The van der Waals surface area contributed by atoms with Crippen LogP contribution in [0.3, 0.4) is 0 Å². The molecule has 4 aromatic rings. The lowest BCUT2D eigenvalue weighted by molar-refractivity contribution is 0.102. The van der Waals surface area contributed by atoms with Gasteiger partial charge in [0.05, 0.1) is 0 Å². The Hall–Kier alpha value is -3.40. The van der Waals surface area contributed by atoms with E-state index in [4.69, 9.17) is 4.42 Å². The van der Waals surface area contributed by atoms with Crippen LogP contribution >= 0.6 is 0 Å². The Balaban J connectivity index is 1.53. The van der Waals surface area contributed by atoms with Crippen molar-refractivity contribution in [1.29, 1.82) is 0 Å². The maximum atomic E-state index is 12.4. The number of hydrogen-bond acceptors (Lipinski definition) is 3. The molecule has 1 heterocycles. The molecule has 1 N–H and O–H groups in total. The van der Waals surface area contributed by atoms with Gasteiger partial charge in [-0.25, -0.2) is 4.98 Å². The van der Waals surface area contributed by atoms with E-state index in [0.717, 1.165) is 34.3 Å². The molecule has 0 fully saturated rings. The fourth-order valence-electron chi connectivity index (χ4n) is 3.30. The van der Waals surface area contributed by atoms with E-state index in [2.05, 4.69) is 36.3 Å². The molecule has 0 aliphatic rings. The second-order valence-corrected chi connectivity index (χ2v) is 7.46. The number of nitrogens with one attached hydrogen (secondary N) is 1. The van der Waals surface area contributed by atoms with E-state index in [1.165, 1.54) is 5.56 Å². The Kier molecular flexibility index (Phi) is 5.17. The summed E-state index contributed by atoms with van der Waals surface area (Å²) in [5, 5.41) is 2.93. The first kappa shape index (κ1) is 18.9. The summed E-state index contributed by atoms with van der Waals surface area (Å²) >= 11 is 0. The summed E-state index contributed by atoms with van der Waals surface area (Å²) in [5.41, 5.74) is 6.23. The third kappa shape index (κ3) is 4.06. The second kappa shape index (κ2) is 7.92. The second-order valence-electron chi connectivity index (χ2n) is 7.46. The average Bonchev–Trinajstić information content (AvgIpc) is 3.17. The molecule has 3 aromatic carbocycles. The van der Waals surface area contributed by atoms with Gasteiger partial charge >= 0.3 is 0 Å². The molecule has 4 rings (SSSR count). The van der Waals surface area contributed by atoms with Crippen molar-refractivity contribution in [2.75, 3.05) is 5.32 Å². The largest absolute Gasteiger partial charge is 0.436 e. The molecule has 0 saturated carbocycles. The fraction of sp³-hybridized carbons (Fsp3) is 0.200. The highest BCUT2D eigenvalue weighted by molar-refractivity contribution is 6.04. The Bertz CT molecular complexity index is 1160. The summed E-state index contributed by atoms with van der Waals surface area (Å²) in [6, 6.07) is 21.3. The minimum absolute atomic E-state index is 0.124. The van der Waals surface area contributed by atoms with E-state index >= 15 is 0 Å². The van der Waals surface area contributed by atoms with Gasteiger partial charge in [-0.15, -0.1) is 0 Å². The van der Waals surface area contributed by atoms with E-state index in [0.29, 0.717) is 17.4 Å². The van der Waals surface area contributed by atoms with Crippen LogP contribution in [-0.2, 0) is 0 Å². The van der Waals surface area contributed by atoms with E-state index in [1.807, 2.05) is 61.5 Å². The summed E-state index contributed by atoms with van der Waals surface area (Å²) in [7, 11) is 0. The molecular weight excluding hydrogens is 360 g/mol. The Labute approximate surface area is 170 Å². The van der Waals surface area contributed by atoms with Gasteiger partial charge in [-0.1, -0.05) is 37.6 Å². The summed E-state index contributed by atoms with van der Waals surface area (Å²) < 4.78 is 5.93. The summed E-state index contributed by atoms with van der Waals surface area (Å²) in [5.74, 6) is 0.953. The summed E-state index contributed by atoms with van der Waals surface area (Å²) in [6.45, 7) is 6.37. The number of carbonyl (C=O) groups excluding carboxylic acids is 1. The monoisotopic (exact) mass is 384 g/mol. The standard InChI is InChI=1S/C25H24N2O2/c1-4-17(3)19-10-13-23-22(15-19)27-25(29-23)18-8-11-21(12-9-18)26-24(28)20-7-5-6-16(2)14-20/h5-15,17H,4H2,1-3H3,(H,26,28)/t17-/m0/s1. The van der Waals surface area contributed by atoms with Crippen LogP contribution in [0.5, 0.6) is 0 Å². The molecule has 29 heavy (non-hydrogen) atoms. The van der Waals surface area contributed by atoms with Crippen LogP contribution < -0.4 is 5.32 Å². The molecule has 1 aromatic heterocycles. The van der Waals surface area contributed by atoms with Crippen molar-refractivity contribution in [1.82, 2.24) is 4.98 Å². The third-order valence-corrected chi connectivity index (χ3v) is 5.26. The SMILES string of the molecule is CC[C@H](C)c1ccc2oc(-c3ccc(NC(=O)c4cccc(C)c4)cc3)nc2c1. The maximum Gasteiger partial charge on any atom is 0.255 e. The Morgan fingerprint density at radius 1 is 1.07 bits per heavy atom. The number of anilines is 1. The molecular formula is C25H24N2O2. The third-order valence-electron chi connectivity index (χ3n) is 5.26. The van der Waals surface area contributed by atoms with Crippen molar-refractivity contribution < 1.29 is 9.21 Å². The van der Waals surface area contributed by atoms with Gasteiger partial charge in [-0.3, -0.25) is 4.79 Å². The topological polar surface area (TPSA) is 55.1 Å². The van der Waals surface area contributed by atoms with E-state index in [9.17, 15) is 4.79 Å².